The smallest absolute Gasteiger partial charge is 0.257 e. The van der Waals surface area contributed by atoms with Gasteiger partial charge in [-0.05, 0) is 47.4 Å². The van der Waals surface area contributed by atoms with Crippen LogP contribution in [0.15, 0.2) is 76.4 Å². The maximum Gasteiger partial charge on any atom is 0.257 e. The van der Waals surface area contributed by atoms with Gasteiger partial charge in [0.1, 0.15) is 11.8 Å². The third-order valence-electron chi connectivity index (χ3n) is 6.23. The fourth-order valence-electron chi connectivity index (χ4n) is 4.53. The number of carbonyl (C=O) groups is 2. The third-order valence-corrected chi connectivity index (χ3v) is 6.48. The summed E-state index contributed by atoms with van der Waals surface area (Å²) in [6.45, 7) is 0.499. The van der Waals surface area contributed by atoms with Gasteiger partial charge in [0.2, 0.25) is 5.91 Å². The van der Waals surface area contributed by atoms with E-state index in [1.54, 1.807) is 24.5 Å². The molecule has 2 aliphatic rings. The van der Waals surface area contributed by atoms with E-state index in [9.17, 15) is 9.59 Å². The number of benzene rings is 2. The minimum absolute atomic E-state index is 0.0244. The maximum absolute atomic E-state index is 13.5. The fraction of sp³-hybridized carbons (Fsp3) is 0.240. The summed E-state index contributed by atoms with van der Waals surface area (Å²) < 4.78 is 5.62. The normalized spacial score (nSPS) is 20.4. The third kappa shape index (κ3) is 4.29. The molecule has 0 fully saturated rings. The molecular formula is C25H23ClN4O3. The average molecular weight is 463 g/mol. The second-order valence-electron chi connectivity index (χ2n) is 8.32. The summed E-state index contributed by atoms with van der Waals surface area (Å²) in [6, 6.07) is 18.0. The number of carbonyl (C=O) groups excluding carboxylic acids is 2. The van der Waals surface area contributed by atoms with Gasteiger partial charge in [0, 0.05) is 18.0 Å². The van der Waals surface area contributed by atoms with Crippen molar-refractivity contribution in [3.8, 4) is 0 Å². The first-order valence-corrected chi connectivity index (χ1v) is 11.2. The van der Waals surface area contributed by atoms with Crippen molar-refractivity contribution < 1.29 is 14.0 Å². The highest BCUT2D eigenvalue weighted by atomic mass is 35.5. The van der Waals surface area contributed by atoms with Crippen LogP contribution in [-0.2, 0) is 22.6 Å². The number of hydrogen-bond donors (Lipinski definition) is 1. The number of furan rings is 1. The first kappa shape index (κ1) is 21.4. The molecule has 168 valence electrons. The quantitative estimate of drug-likeness (QED) is 0.627. The Morgan fingerprint density at radius 3 is 2.48 bits per heavy atom. The lowest BCUT2D eigenvalue weighted by Crippen LogP contribution is -2.51. The topological polar surface area (TPSA) is 92.1 Å². The van der Waals surface area contributed by atoms with Crippen molar-refractivity contribution in [3.05, 3.63) is 94.4 Å². The highest BCUT2D eigenvalue weighted by molar-refractivity contribution is 6.30. The Kier molecular flexibility index (Phi) is 5.74. The molecule has 0 radical (unpaired) electrons. The standard InChI is InChI=1S/C25H23ClN4O3/c26-19-9-7-16(8-10-19)20-13-21(23-6-3-11-33-23)30(28-20)24(31)15-29-14-18-5-2-1-4-17(18)12-22(29)25(27)32/h1-11,21-22H,12-15H2,(H2,27,32)/t21-,22-/m0/s1. The molecule has 2 N–H and O–H groups in total. The van der Waals surface area contributed by atoms with E-state index in [1.807, 2.05) is 47.4 Å². The Balaban J connectivity index is 1.42. The number of rotatable bonds is 5. The van der Waals surface area contributed by atoms with Crippen LogP contribution < -0.4 is 5.73 Å². The van der Waals surface area contributed by atoms with Gasteiger partial charge in [0.05, 0.1) is 24.6 Å². The Hall–Kier alpha value is -3.42. The number of fused-ring (bicyclic) bond motifs is 1. The highest BCUT2D eigenvalue weighted by Crippen LogP contribution is 2.34. The Labute approximate surface area is 196 Å². The van der Waals surface area contributed by atoms with Crippen molar-refractivity contribution in [1.29, 1.82) is 0 Å². The molecule has 0 aliphatic carbocycles. The monoisotopic (exact) mass is 462 g/mol. The van der Waals surface area contributed by atoms with Gasteiger partial charge < -0.3 is 10.2 Å². The summed E-state index contributed by atoms with van der Waals surface area (Å²) in [5.74, 6) is 0.00385. The summed E-state index contributed by atoms with van der Waals surface area (Å²) in [7, 11) is 0. The van der Waals surface area contributed by atoms with Crippen LogP contribution >= 0.6 is 11.6 Å². The maximum atomic E-state index is 13.5. The molecule has 8 heteroatoms. The van der Waals surface area contributed by atoms with E-state index in [0.717, 1.165) is 22.4 Å². The van der Waals surface area contributed by atoms with Crippen LogP contribution in [-0.4, -0.2) is 40.0 Å². The summed E-state index contributed by atoms with van der Waals surface area (Å²) in [6.07, 6.45) is 2.59. The molecule has 3 heterocycles. The molecule has 2 atom stereocenters. The summed E-state index contributed by atoms with van der Waals surface area (Å²) in [5.41, 5.74) is 9.55. The second-order valence-corrected chi connectivity index (χ2v) is 8.76. The largest absolute Gasteiger partial charge is 0.467 e. The number of hydrazone groups is 1. The van der Waals surface area contributed by atoms with Crippen LogP contribution in [0.2, 0.25) is 5.02 Å². The number of hydrogen-bond acceptors (Lipinski definition) is 5. The van der Waals surface area contributed by atoms with Gasteiger partial charge in [0.25, 0.3) is 5.91 Å². The van der Waals surface area contributed by atoms with Crippen LogP contribution in [0, 0.1) is 0 Å². The van der Waals surface area contributed by atoms with Crippen molar-refractivity contribution in [2.45, 2.75) is 31.5 Å². The van der Waals surface area contributed by atoms with Crippen molar-refractivity contribution >= 4 is 29.1 Å². The number of primary amides is 1. The average Bonchev–Trinajstić information content (AvgIpc) is 3.49. The number of halogens is 1. The lowest BCUT2D eigenvalue weighted by atomic mass is 9.93. The van der Waals surface area contributed by atoms with Crippen molar-refractivity contribution in [1.82, 2.24) is 9.91 Å². The number of nitrogens with zero attached hydrogens (tertiary/aromatic N) is 3. The van der Waals surface area contributed by atoms with Gasteiger partial charge in [-0.25, -0.2) is 5.01 Å². The highest BCUT2D eigenvalue weighted by Gasteiger charge is 2.38. The molecule has 33 heavy (non-hydrogen) atoms. The lowest BCUT2D eigenvalue weighted by Gasteiger charge is -2.35. The van der Waals surface area contributed by atoms with Crippen LogP contribution in [0.5, 0.6) is 0 Å². The molecular weight excluding hydrogens is 440 g/mol. The molecule has 2 amide bonds. The molecule has 3 aromatic rings. The van der Waals surface area contributed by atoms with Crippen LogP contribution in [0.4, 0.5) is 0 Å². The molecule has 0 unspecified atom stereocenters. The molecule has 0 saturated carbocycles. The summed E-state index contributed by atoms with van der Waals surface area (Å²) >= 11 is 6.03. The van der Waals surface area contributed by atoms with Crippen molar-refractivity contribution in [2.24, 2.45) is 10.8 Å². The lowest BCUT2D eigenvalue weighted by molar-refractivity contribution is -0.136. The second kappa shape index (κ2) is 8.84. The Bertz CT molecular complexity index is 1210. The number of nitrogens with two attached hydrogens (primary N) is 1. The van der Waals surface area contributed by atoms with Gasteiger partial charge >= 0.3 is 0 Å². The van der Waals surface area contributed by atoms with Crippen LogP contribution in [0.25, 0.3) is 0 Å². The predicted octanol–water partition coefficient (Wildman–Crippen LogP) is 3.52. The molecule has 1 aromatic heterocycles. The zero-order valence-electron chi connectivity index (χ0n) is 17.9. The van der Waals surface area contributed by atoms with Gasteiger partial charge in [-0.1, -0.05) is 48.0 Å². The molecule has 2 aromatic carbocycles. The molecule has 0 bridgehead atoms. The Morgan fingerprint density at radius 2 is 1.79 bits per heavy atom. The van der Waals surface area contributed by atoms with E-state index in [-0.39, 0.29) is 18.5 Å². The van der Waals surface area contributed by atoms with E-state index in [0.29, 0.717) is 30.2 Å². The van der Waals surface area contributed by atoms with Crippen molar-refractivity contribution in [3.63, 3.8) is 0 Å². The molecule has 2 aliphatic heterocycles. The zero-order chi connectivity index (χ0) is 22.9. The number of amides is 2. The zero-order valence-corrected chi connectivity index (χ0v) is 18.6. The van der Waals surface area contributed by atoms with E-state index >= 15 is 0 Å². The van der Waals surface area contributed by atoms with E-state index in [1.165, 1.54) is 5.01 Å². The van der Waals surface area contributed by atoms with Gasteiger partial charge in [0.15, 0.2) is 0 Å². The van der Waals surface area contributed by atoms with Gasteiger partial charge in [-0.2, -0.15) is 5.10 Å². The van der Waals surface area contributed by atoms with E-state index in [2.05, 4.69) is 5.10 Å². The first-order valence-electron chi connectivity index (χ1n) is 10.8. The summed E-state index contributed by atoms with van der Waals surface area (Å²) in [5, 5.41) is 6.77. The van der Waals surface area contributed by atoms with Crippen LogP contribution in [0.1, 0.15) is 34.9 Å². The minimum atomic E-state index is -0.548. The van der Waals surface area contributed by atoms with Crippen molar-refractivity contribution in [2.75, 3.05) is 6.54 Å². The first-order chi connectivity index (χ1) is 16.0. The predicted molar refractivity (Wildman–Crippen MR) is 124 cm³/mol. The molecule has 0 spiro atoms. The minimum Gasteiger partial charge on any atom is -0.467 e. The van der Waals surface area contributed by atoms with Gasteiger partial charge in [-0.3, -0.25) is 14.5 Å². The van der Waals surface area contributed by atoms with Crippen LogP contribution in [0.3, 0.4) is 0 Å². The fourth-order valence-corrected chi connectivity index (χ4v) is 4.66. The van der Waals surface area contributed by atoms with Gasteiger partial charge in [-0.15, -0.1) is 0 Å². The SMILES string of the molecule is NC(=O)[C@@H]1Cc2ccccc2CN1CC(=O)N1N=C(c2ccc(Cl)cc2)C[C@H]1c1ccco1. The molecule has 0 saturated heterocycles. The van der Waals surface area contributed by atoms with E-state index < -0.39 is 11.9 Å². The molecule has 5 rings (SSSR count). The van der Waals surface area contributed by atoms with E-state index in [4.69, 9.17) is 21.8 Å². The summed E-state index contributed by atoms with van der Waals surface area (Å²) in [4.78, 5) is 27.5. The molecule has 7 nitrogen and oxygen atoms in total. The Morgan fingerprint density at radius 1 is 1.03 bits per heavy atom.